The summed E-state index contributed by atoms with van der Waals surface area (Å²) >= 11 is 1.74. The molecule has 1 aliphatic heterocycles. The molecular weight excluding hydrogens is 390 g/mol. The van der Waals surface area contributed by atoms with Gasteiger partial charge in [0.15, 0.2) is 16.7 Å². The number of anilines is 1. The standard InChI is InChI=1S/C21H21N3O4S/c1-26-17-10-13(11-18(27-2)19(17)28-3)20(25)22-15-7-5-4-6-14(15)16-12-24-8-9-29-21(24)23-16/h4-7,10-12H,8-9H2,1-3H3,(H,22,25). The molecular formula is C21H21N3O4S. The van der Waals surface area contributed by atoms with Gasteiger partial charge >= 0.3 is 0 Å². The third-order valence-corrected chi connectivity index (χ3v) is 5.65. The zero-order valence-electron chi connectivity index (χ0n) is 16.4. The number of fused-ring (bicyclic) bond motifs is 1. The minimum absolute atomic E-state index is 0.280. The molecule has 3 aromatic rings. The van der Waals surface area contributed by atoms with Crippen LogP contribution in [0.2, 0.25) is 0 Å². The third kappa shape index (κ3) is 3.63. The Bertz CT molecular complexity index is 1020. The molecule has 0 radical (unpaired) electrons. The van der Waals surface area contributed by atoms with E-state index in [1.807, 2.05) is 30.5 Å². The number of para-hydroxylation sites is 1. The van der Waals surface area contributed by atoms with E-state index in [0.29, 0.717) is 28.5 Å². The SMILES string of the molecule is COc1cc(C(=O)Nc2ccccc2-c2cn3c(n2)SCC3)cc(OC)c1OC. The number of aromatic nitrogens is 2. The second-order valence-corrected chi connectivity index (χ2v) is 7.43. The number of imidazole rings is 1. The molecule has 8 heteroatoms. The van der Waals surface area contributed by atoms with Gasteiger partial charge in [-0.05, 0) is 18.2 Å². The Morgan fingerprint density at radius 1 is 1.10 bits per heavy atom. The van der Waals surface area contributed by atoms with Crippen molar-refractivity contribution in [2.24, 2.45) is 0 Å². The van der Waals surface area contributed by atoms with E-state index in [2.05, 4.69) is 9.88 Å². The number of nitrogens with one attached hydrogen (secondary N) is 1. The predicted octanol–water partition coefficient (Wildman–Crippen LogP) is 3.93. The second-order valence-electron chi connectivity index (χ2n) is 6.36. The van der Waals surface area contributed by atoms with E-state index in [1.54, 1.807) is 23.9 Å². The Labute approximate surface area is 173 Å². The Morgan fingerprint density at radius 3 is 2.48 bits per heavy atom. The van der Waals surface area contributed by atoms with E-state index in [9.17, 15) is 4.79 Å². The van der Waals surface area contributed by atoms with E-state index >= 15 is 0 Å². The molecule has 0 atom stereocenters. The highest BCUT2D eigenvalue weighted by Gasteiger charge is 2.20. The van der Waals surface area contributed by atoms with Crippen LogP contribution in [0, 0.1) is 0 Å². The maximum atomic E-state index is 13.0. The van der Waals surface area contributed by atoms with Crippen LogP contribution in [0.25, 0.3) is 11.3 Å². The van der Waals surface area contributed by atoms with Crippen LogP contribution in [-0.4, -0.2) is 42.5 Å². The van der Waals surface area contributed by atoms with Crippen LogP contribution in [0.3, 0.4) is 0 Å². The zero-order valence-corrected chi connectivity index (χ0v) is 17.2. The van der Waals surface area contributed by atoms with Gasteiger partial charge in [-0.25, -0.2) is 4.98 Å². The smallest absolute Gasteiger partial charge is 0.255 e. The van der Waals surface area contributed by atoms with Crippen molar-refractivity contribution < 1.29 is 19.0 Å². The first-order chi connectivity index (χ1) is 14.1. The quantitative estimate of drug-likeness (QED) is 0.662. The molecule has 1 N–H and O–H groups in total. The van der Waals surface area contributed by atoms with E-state index in [1.165, 1.54) is 21.3 Å². The Kier molecular flexibility index (Phi) is 5.35. The van der Waals surface area contributed by atoms with Gasteiger partial charge in [-0.3, -0.25) is 4.79 Å². The zero-order chi connectivity index (χ0) is 20.4. The summed E-state index contributed by atoms with van der Waals surface area (Å²) in [7, 11) is 4.56. The minimum atomic E-state index is -0.280. The highest BCUT2D eigenvalue weighted by Crippen LogP contribution is 2.39. The molecule has 2 heterocycles. The summed E-state index contributed by atoms with van der Waals surface area (Å²) < 4.78 is 18.2. The van der Waals surface area contributed by atoms with Crippen molar-refractivity contribution in [1.29, 1.82) is 0 Å². The summed E-state index contributed by atoms with van der Waals surface area (Å²) in [6, 6.07) is 10.9. The van der Waals surface area contributed by atoms with Gasteiger partial charge in [-0.15, -0.1) is 0 Å². The summed E-state index contributed by atoms with van der Waals surface area (Å²) in [5, 5.41) is 3.99. The number of rotatable bonds is 6. The van der Waals surface area contributed by atoms with E-state index in [-0.39, 0.29) is 5.91 Å². The van der Waals surface area contributed by atoms with Crippen molar-refractivity contribution in [3.05, 3.63) is 48.2 Å². The molecule has 1 amide bonds. The van der Waals surface area contributed by atoms with Gasteiger partial charge in [-0.2, -0.15) is 0 Å². The van der Waals surface area contributed by atoms with Crippen molar-refractivity contribution in [2.45, 2.75) is 11.7 Å². The molecule has 0 saturated heterocycles. The van der Waals surface area contributed by atoms with Crippen LogP contribution < -0.4 is 19.5 Å². The van der Waals surface area contributed by atoms with E-state index in [0.717, 1.165) is 28.7 Å². The molecule has 0 unspecified atom stereocenters. The number of ether oxygens (including phenoxy) is 3. The fourth-order valence-corrected chi connectivity index (χ4v) is 4.20. The first-order valence-electron chi connectivity index (χ1n) is 9.05. The van der Waals surface area contributed by atoms with Crippen LogP contribution in [0.1, 0.15) is 10.4 Å². The van der Waals surface area contributed by atoms with Gasteiger partial charge in [0.2, 0.25) is 5.75 Å². The van der Waals surface area contributed by atoms with Crippen LogP contribution in [-0.2, 0) is 6.54 Å². The summed E-state index contributed by atoms with van der Waals surface area (Å²) in [4.78, 5) is 17.7. The number of aryl methyl sites for hydroxylation is 1. The summed E-state index contributed by atoms with van der Waals surface area (Å²) in [5.41, 5.74) is 2.80. The predicted molar refractivity (Wildman–Crippen MR) is 112 cm³/mol. The molecule has 0 bridgehead atoms. The highest BCUT2D eigenvalue weighted by molar-refractivity contribution is 7.99. The Morgan fingerprint density at radius 2 is 1.83 bits per heavy atom. The number of nitrogens with zero attached hydrogens (tertiary/aromatic N) is 2. The van der Waals surface area contributed by atoms with Gasteiger partial charge in [0.25, 0.3) is 5.91 Å². The van der Waals surface area contributed by atoms with Gasteiger partial charge in [-0.1, -0.05) is 30.0 Å². The largest absolute Gasteiger partial charge is 0.493 e. The molecule has 4 rings (SSSR count). The van der Waals surface area contributed by atoms with E-state index < -0.39 is 0 Å². The minimum Gasteiger partial charge on any atom is -0.493 e. The van der Waals surface area contributed by atoms with Gasteiger partial charge in [0, 0.05) is 29.6 Å². The second kappa shape index (κ2) is 8.08. The third-order valence-electron chi connectivity index (χ3n) is 4.68. The molecule has 7 nitrogen and oxygen atoms in total. The fourth-order valence-electron chi connectivity index (χ4n) is 3.26. The lowest BCUT2D eigenvalue weighted by molar-refractivity contribution is 0.102. The Balaban J connectivity index is 1.66. The normalized spacial score (nSPS) is 12.4. The average molecular weight is 411 g/mol. The number of hydrogen-bond donors (Lipinski definition) is 1. The van der Waals surface area contributed by atoms with Gasteiger partial charge < -0.3 is 24.1 Å². The summed E-state index contributed by atoms with van der Waals surface area (Å²) in [6.45, 7) is 0.951. The van der Waals surface area contributed by atoms with Crippen molar-refractivity contribution in [3.8, 4) is 28.5 Å². The lowest BCUT2D eigenvalue weighted by Gasteiger charge is -2.15. The number of carbonyl (C=O) groups excluding carboxylic acids is 1. The van der Waals surface area contributed by atoms with Gasteiger partial charge in [0.05, 0.1) is 32.7 Å². The van der Waals surface area contributed by atoms with Crippen LogP contribution in [0.5, 0.6) is 17.2 Å². The highest BCUT2D eigenvalue weighted by atomic mass is 32.2. The lowest BCUT2D eigenvalue weighted by Crippen LogP contribution is -2.13. The molecule has 0 spiro atoms. The molecule has 0 saturated carbocycles. The molecule has 0 aliphatic carbocycles. The van der Waals surface area contributed by atoms with Crippen LogP contribution in [0.15, 0.2) is 47.8 Å². The molecule has 1 aliphatic rings. The number of methoxy groups -OCH3 is 3. The van der Waals surface area contributed by atoms with Crippen molar-refractivity contribution in [3.63, 3.8) is 0 Å². The molecule has 0 fully saturated rings. The fraction of sp³-hybridized carbons (Fsp3) is 0.238. The molecule has 2 aromatic carbocycles. The monoisotopic (exact) mass is 411 g/mol. The van der Waals surface area contributed by atoms with Crippen LogP contribution >= 0.6 is 11.8 Å². The summed E-state index contributed by atoms with van der Waals surface area (Å²) in [6.07, 6.45) is 2.03. The summed E-state index contributed by atoms with van der Waals surface area (Å²) in [5.74, 6) is 2.05. The maximum Gasteiger partial charge on any atom is 0.255 e. The van der Waals surface area contributed by atoms with Crippen LogP contribution in [0.4, 0.5) is 5.69 Å². The lowest BCUT2D eigenvalue weighted by atomic mass is 10.1. The topological polar surface area (TPSA) is 74.6 Å². The Hall–Kier alpha value is -3.13. The maximum absolute atomic E-state index is 13.0. The number of benzene rings is 2. The molecule has 1 aromatic heterocycles. The van der Waals surface area contributed by atoms with Crippen molar-refractivity contribution >= 4 is 23.4 Å². The number of carbonyl (C=O) groups is 1. The van der Waals surface area contributed by atoms with Gasteiger partial charge in [0.1, 0.15) is 0 Å². The number of amides is 1. The van der Waals surface area contributed by atoms with Crippen molar-refractivity contribution in [1.82, 2.24) is 9.55 Å². The number of hydrogen-bond acceptors (Lipinski definition) is 6. The van der Waals surface area contributed by atoms with Crippen molar-refractivity contribution in [2.75, 3.05) is 32.4 Å². The number of thioether (sulfide) groups is 1. The molecule has 150 valence electrons. The average Bonchev–Trinajstić information content (AvgIpc) is 3.35. The molecule has 29 heavy (non-hydrogen) atoms. The first-order valence-corrected chi connectivity index (χ1v) is 10.0. The van der Waals surface area contributed by atoms with E-state index in [4.69, 9.17) is 19.2 Å². The first kappa shape index (κ1) is 19.2.